The van der Waals surface area contributed by atoms with E-state index in [4.69, 9.17) is 0 Å². The Kier molecular flexibility index (Phi) is 6.43. The van der Waals surface area contributed by atoms with Crippen LogP contribution in [-0.2, 0) is 10.0 Å². The van der Waals surface area contributed by atoms with Crippen molar-refractivity contribution in [3.8, 4) is 0 Å². The molecular formula is C26H26N2O2PS+. The maximum atomic E-state index is 13.7. The quantitative estimate of drug-likeness (QED) is 0.372. The van der Waals surface area contributed by atoms with Gasteiger partial charge in [-0.15, -0.1) is 0 Å². The molecule has 0 fully saturated rings. The molecular weight excluding hydrogens is 435 g/mol. The summed E-state index contributed by atoms with van der Waals surface area (Å²) in [4.78, 5) is 0.242. The van der Waals surface area contributed by atoms with Gasteiger partial charge in [0.15, 0.2) is 0 Å². The molecule has 0 aliphatic heterocycles. The number of hydrogen-bond acceptors (Lipinski definition) is 3. The molecule has 0 spiro atoms. The molecule has 0 bridgehead atoms. The van der Waals surface area contributed by atoms with Crippen molar-refractivity contribution in [2.75, 3.05) is 5.09 Å². The van der Waals surface area contributed by atoms with Gasteiger partial charge in [0.05, 0.1) is 10.6 Å². The molecule has 4 aromatic rings. The Morgan fingerprint density at radius 1 is 0.625 bits per heavy atom. The number of benzene rings is 4. The summed E-state index contributed by atoms with van der Waals surface area (Å²) in [6.45, 7) is 3.95. The van der Waals surface area contributed by atoms with Crippen LogP contribution in [0.1, 0.15) is 11.1 Å². The summed E-state index contributed by atoms with van der Waals surface area (Å²) in [6.07, 6.45) is 0. The highest BCUT2D eigenvalue weighted by Crippen LogP contribution is 2.53. The normalized spacial score (nSPS) is 11.8. The van der Waals surface area contributed by atoms with E-state index in [0.29, 0.717) is 0 Å². The minimum absolute atomic E-state index is 0.242. The second-order valence-corrected chi connectivity index (χ2v) is 12.5. The van der Waals surface area contributed by atoms with Crippen molar-refractivity contribution in [3.63, 3.8) is 0 Å². The van der Waals surface area contributed by atoms with Crippen LogP contribution >= 0.6 is 7.56 Å². The van der Waals surface area contributed by atoms with Crippen molar-refractivity contribution in [3.05, 3.63) is 120 Å². The lowest BCUT2D eigenvalue weighted by Crippen LogP contribution is -2.41. The van der Waals surface area contributed by atoms with E-state index in [1.165, 1.54) is 0 Å². The smallest absolute Gasteiger partial charge is 0.234 e. The highest BCUT2D eigenvalue weighted by molar-refractivity contribution is 8.03. The molecule has 0 unspecified atom stereocenters. The molecule has 0 aliphatic rings. The number of para-hydroxylation sites is 1. The van der Waals surface area contributed by atoms with E-state index < -0.39 is 17.6 Å². The fourth-order valence-electron chi connectivity index (χ4n) is 3.54. The van der Waals surface area contributed by atoms with Crippen molar-refractivity contribution in [1.82, 2.24) is 4.49 Å². The second-order valence-electron chi connectivity index (χ2n) is 7.68. The van der Waals surface area contributed by atoms with E-state index in [9.17, 15) is 8.42 Å². The number of anilines is 1. The lowest BCUT2D eigenvalue weighted by Gasteiger charge is -2.28. The molecule has 4 nitrogen and oxygen atoms in total. The molecule has 32 heavy (non-hydrogen) atoms. The summed E-state index contributed by atoms with van der Waals surface area (Å²) < 4.78 is 30.4. The third-order valence-corrected chi connectivity index (χ3v) is 11.0. The van der Waals surface area contributed by atoms with Gasteiger partial charge in [-0.1, -0.05) is 76.8 Å². The zero-order valence-corrected chi connectivity index (χ0v) is 19.8. The highest BCUT2D eigenvalue weighted by Gasteiger charge is 2.48. The average molecular weight is 462 g/mol. The zero-order valence-electron chi connectivity index (χ0n) is 18.1. The molecule has 0 radical (unpaired) electrons. The van der Waals surface area contributed by atoms with Crippen molar-refractivity contribution < 1.29 is 8.42 Å². The minimum atomic E-state index is -3.83. The van der Waals surface area contributed by atoms with Crippen LogP contribution in [0.5, 0.6) is 0 Å². The fourth-order valence-corrected chi connectivity index (χ4v) is 9.33. The first kappa shape index (κ1) is 22.2. The number of rotatable bonds is 7. The fraction of sp³-hybridized carbons (Fsp3) is 0.0769. The van der Waals surface area contributed by atoms with Crippen LogP contribution in [0, 0.1) is 13.8 Å². The average Bonchev–Trinajstić information content (AvgIpc) is 2.81. The largest absolute Gasteiger partial charge is 0.272 e. The lowest BCUT2D eigenvalue weighted by atomic mass is 10.2. The summed E-state index contributed by atoms with van der Waals surface area (Å²) in [7, 11) is -6.66. The topological polar surface area (TPSA) is 58.2 Å². The van der Waals surface area contributed by atoms with E-state index in [0.717, 1.165) is 27.4 Å². The van der Waals surface area contributed by atoms with E-state index in [1.807, 2.05) is 111 Å². The maximum Gasteiger partial charge on any atom is 0.272 e. The van der Waals surface area contributed by atoms with Crippen molar-refractivity contribution >= 4 is 33.9 Å². The Balaban J connectivity index is 1.94. The monoisotopic (exact) mass is 461 g/mol. The van der Waals surface area contributed by atoms with Crippen LogP contribution in [0.25, 0.3) is 0 Å². The van der Waals surface area contributed by atoms with Gasteiger partial charge in [-0.05, 0) is 61.9 Å². The molecule has 6 heteroatoms. The molecule has 4 aromatic carbocycles. The minimum Gasteiger partial charge on any atom is -0.234 e. The molecule has 0 heterocycles. The first-order valence-corrected chi connectivity index (χ1v) is 13.6. The molecule has 0 saturated carbocycles. The Hall–Kier alpha value is -2.98. The van der Waals surface area contributed by atoms with Crippen LogP contribution in [0.4, 0.5) is 5.69 Å². The van der Waals surface area contributed by atoms with Crippen molar-refractivity contribution in [1.29, 1.82) is 0 Å². The molecule has 4 rings (SSSR count). The Bertz CT molecular complexity index is 1250. The van der Waals surface area contributed by atoms with Crippen LogP contribution in [0.15, 0.2) is 114 Å². The molecule has 0 saturated heterocycles. The molecule has 2 N–H and O–H groups in total. The number of hydrogen-bond donors (Lipinski definition) is 2. The van der Waals surface area contributed by atoms with E-state index in [2.05, 4.69) is 9.58 Å². The van der Waals surface area contributed by atoms with Gasteiger partial charge in [0.25, 0.3) is 10.0 Å². The lowest BCUT2D eigenvalue weighted by molar-refractivity contribution is 0.594. The summed E-state index contributed by atoms with van der Waals surface area (Å²) >= 11 is 0. The standard InChI is InChI=1S/C26H26N2O2PS/c1-21-17-19-25(20-18-21)32(29,30)28-31(23-12-5-3-6-13-23,24-14-7-4-8-15-24)27-26-16-10-9-11-22(26)2/h3-20,27-28H,1-2H3/q+1. The van der Waals surface area contributed by atoms with Crippen LogP contribution < -0.4 is 20.2 Å². The summed E-state index contributed by atoms with van der Waals surface area (Å²) in [6, 6.07) is 34.4. The van der Waals surface area contributed by atoms with E-state index >= 15 is 0 Å². The number of aryl methyl sites for hydroxylation is 2. The van der Waals surface area contributed by atoms with Gasteiger partial charge in [-0.3, -0.25) is 0 Å². The summed E-state index contributed by atoms with van der Waals surface area (Å²) in [5, 5.41) is 5.44. The maximum absolute atomic E-state index is 13.7. The summed E-state index contributed by atoms with van der Waals surface area (Å²) in [5.74, 6) is 0. The first-order chi connectivity index (χ1) is 15.4. The van der Waals surface area contributed by atoms with Gasteiger partial charge in [0.2, 0.25) is 7.56 Å². The van der Waals surface area contributed by atoms with E-state index in [-0.39, 0.29) is 4.90 Å². The van der Waals surface area contributed by atoms with Crippen LogP contribution in [0.3, 0.4) is 0 Å². The number of nitrogens with one attached hydrogen (secondary N) is 2. The van der Waals surface area contributed by atoms with Crippen LogP contribution in [-0.4, -0.2) is 8.42 Å². The number of sulfonamides is 1. The van der Waals surface area contributed by atoms with Gasteiger partial charge in [-0.25, -0.2) is 13.5 Å². The molecule has 0 amide bonds. The summed E-state index contributed by atoms with van der Waals surface area (Å²) in [5.41, 5.74) is 2.94. The SMILES string of the molecule is Cc1ccc(S(=O)(=O)N[P+](Nc2ccccc2C)(c2ccccc2)c2ccccc2)cc1. The molecule has 0 atom stereocenters. The predicted molar refractivity (Wildman–Crippen MR) is 135 cm³/mol. The van der Waals surface area contributed by atoms with Crippen molar-refractivity contribution in [2.24, 2.45) is 0 Å². The predicted octanol–water partition coefficient (Wildman–Crippen LogP) is 5.19. The zero-order chi connectivity index (χ0) is 22.6. The Labute approximate surface area is 190 Å². The third-order valence-electron chi connectivity index (χ3n) is 5.31. The first-order valence-electron chi connectivity index (χ1n) is 10.4. The van der Waals surface area contributed by atoms with Gasteiger partial charge in [0, 0.05) is 0 Å². The van der Waals surface area contributed by atoms with Gasteiger partial charge in [0.1, 0.15) is 10.6 Å². The molecule has 0 aliphatic carbocycles. The Morgan fingerprint density at radius 3 is 1.66 bits per heavy atom. The van der Waals surface area contributed by atoms with Crippen molar-refractivity contribution in [2.45, 2.75) is 18.7 Å². The molecule has 162 valence electrons. The second kappa shape index (κ2) is 9.25. The third kappa shape index (κ3) is 4.61. The Morgan fingerprint density at radius 2 is 1.12 bits per heavy atom. The van der Waals surface area contributed by atoms with Gasteiger partial charge in [-0.2, -0.15) is 0 Å². The van der Waals surface area contributed by atoms with Gasteiger partial charge >= 0.3 is 0 Å². The molecule has 0 aromatic heterocycles. The van der Waals surface area contributed by atoms with Gasteiger partial charge < -0.3 is 0 Å². The highest BCUT2D eigenvalue weighted by atomic mass is 32.2. The van der Waals surface area contributed by atoms with Crippen LogP contribution in [0.2, 0.25) is 0 Å². The van der Waals surface area contributed by atoms with E-state index in [1.54, 1.807) is 12.1 Å².